The van der Waals surface area contributed by atoms with E-state index in [0.29, 0.717) is 12.1 Å². The summed E-state index contributed by atoms with van der Waals surface area (Å²) in [4.78, 5) is 0.134. The van der Waals surface area contributed by atoms with Crippen LogP contribution in [0.4, 0.5) is 4.39 Å². The number of hydrogen-bond acceptors (Lipinski definition) is 2. The van der Waals surface area contributed by atoms with Gasteiger partial charge in [0.15, 0.2) is 0 Å². The molecule has 0 saturated carbocycles. The Morgan fingerprint density at radius 3 is 2.50 bits per heavy atom. The molecule has 3 nitrogen and oxygen atoms in total. The minimum absolute atomic E-state index is 0.134. The van der Waals surface area contributed by atoms with Crippen LogP contribution in [-0.2, 0) is 10.0 Å². The summed E-state index contributed by atoms with van der Waals surface area (Å²) in [6, 6.07) is 3.65. The standard InChI is InChI=1S/C11H16FNO2S/c1-8(2)7-13-16(14,15)11-5-4-10(12)6-9(11)3/h4-6,8,13H,7H2,1-3H3. The van der Waals surface area contributed by atoms with Gasteiger partial charge in [-0.15, -0.1) is 0 Å². The molecule has 0 aliphatic carbocycles. The highest BCUT2D eigenvalue weighted by Gasteiger charge is 2.16. The average molecular weight is 245 g/mol. The van der Waals surface area contributed by atoms with Crippen LogP contribution in [0.1, 0.15) is 19.4 Å². The van der Waals surface area contributed by atoms with Crippen molar-refractivity contribution < 1.29 is 12.8 Å². The Balaban J connectivity index is 2.99. The van der Waals surface area contributed by atoms with Crippen molar-refractivity contribution in [1.29, 1.82) is 0 Å². The highest BCUT2D eigenvalue weighted by atomic mass is 32.2. The molecule has 0 spiro atoms. The van der Waals surface area contributed by atoms with Crippen molar-refractivity contribution >= 4 is 10.0 Å². The summed E-state index contributed by atoms with van der Waals surface area (Å²) in [6.07, 6.45) is 0. The molecular weight excluding hydrogens is 229 g/mol. The Hall–Kier alpha value is -0.940. The molecule has 0 aliphatic heterocycles. The second-order valence-corrected chi connectivity index (χ2v) is 5.89. The zero-order chi connectivity index (χ0) is 12.3. The number of benzene rings is 1. The van der Waals surface area contributed by atoms with E-state index in [-0.39, 0.29) is 10.8 Å². The summed E-state index contributed by atoms with van der Waals surface area (Å²) >= 11 is 0. The van der Waals surface area contributed by atoms with Gasteiger partial charge in [-0.05, 0) is 36.6 Å². The molecule has 0 unspecified atom stereocenters. The van der Waals surface area contributed by atoms with E-state index in [0.717, 1.165) is 6.07 Å². The van der Waals surface area contributed by atoms with Crippen molar-refractivity contribution in [3.63, 3.8) is 0 Å². The lowest BCUT2D eigenvalue weighted by Gasteiger charge is -2.10. The van der Waals surface area contributed by atoms with Crippen molar-refractivity contribution in [3.8, 4) is 0 Å². The van der Waals surface area contributed by atoms with Gasteiger partial charge in [-0.3, -0.25) is 0 Å². The van der Waals surface area contributed by atoms with Crippen molar-refractivity contribution in [1.82, 2.24) is 4.72 Å². The SMILES string of the molecule is Cc1cc(F)ccc1S(=O)(=O)NCC(C)C. The third-order valence-corrected chi connectivity index (χ3v) is 3.69. The van der Waals surface area contributed by atoms with Crippen LogP contribution in [0.2, 0.25) is 0 Å². The number of aryl methyl sites for hydroxylation is 1. The summed E-state index contributed by atoms with van der Waals surface area (Å²) < 4.78 is 39.0. The second-order valence-electron chi connectivity index (χ2n) is 4.16. The first-order chi connectivity index (χ1) is 7.33. The Bertz CT molecular complexity index is 469. The predicted molar refractivity (Wildman–Crippen MR) is 61.2 cm³/mol. The lowest BCUT2D eigenvalue weighted by molar-refractivity contribution is 0.559. The molecule has 1 aromatic carbocycles. The Morgan fingerprint density at radius 2 is 2.00 bits per heavy atom. The van der Waals surface area contributed by atoms with Crippen LogP contribution in [0.5, 0.6) is 0 Å². The maximum atomic E-state index is 12.8. The molecule has 0 heterocycles. The largest absolute Gasteiger partial charge is 0.240 e. The van der Waals surface area contributed by atoms with Gasteiger partial charge in [0.1, 0.15) is 5.82 Å². The van der Waals surface area contributed by atoms with Crippen LogP contribution < -0.4 is 4.72 Å². The van der Waals surface area contributed by atoms with Gasteiger partial charge in [-0.2, -0.15) is 0 Å². The monoisotopic (exact) mass is 245 g/mol. The minimum atomic E-state index is -3.52. The molecular formula is C11H16FNO2S. The van der Waals surface area contributed by atoms with Crippen molar-refractivity contribution in [2.75, 3.05) is 6.54 Å². The average Bonchev–Trinajstić information content (AvgIpc) is 2.14. The molecule has 16 heavy (non-hydrogen) atoms. The molecule has 1 N–H and O–H groups in total. The number of nitrogens with one attached hydrogen (secondary N) is 1. The zero-order valence-corrected chi connectivity index (χ0v) is 10.4. The fourth-order valence-corrected chi connectivity index (χ4v) is 2.71. The first kappa shape index (κ1) is 13.1. The normalized spacial score (nSPS) is 12.1. The van der Waals surface area contributed by atoms with E-state index in [1.54, 1.807) is 6.92 Å². The van der Waals surface area contributed by atoms with Crippen LogP contribution in [0.15, 0.2) is 23.1 Å². The third kappa shape index (κ3) is 3.28. The highest BCUT2D eigenvalue weighted by molar-refractivity contribution is 7.89. The van der Waals surface area contributed by atoms with E-state index in [2.05, 4.69) is 4.72 Å². The summed E-state index contributed by atoms with van der Waals surface area (Å²) in [5.41, 5.74) is 0.413. The second kappa shape index (κ2) is 4.93. The van der Waals surface area contributed by atoms with E-state index in [4.69, 9.17) is 0 Å². The van der Waals surface area contributed by atoms with Gasteiger partial charge in [0.25, 0.3) is 0 Å². The highest BCUT2D eigenvalue weighted by Crippen LogP contribution is 2.15. The van der Waals surface area contributed by atoms with Crippen molar-refractivity contribution in [3.05, 3.63) is 29.6 Å². The molecule has 0 saturated heterocycles. The molecule has 0 aliphatic rings. The zero-order valence-electron chi connectivity index (χ0n) is 9.62. The van der Waals surface area contributed by atoms with Crippen LogP contribution in [-0.4, -0.2) is 15.0 Å². The molecule has 1 rings (SSSR count). The number of hydrogen-bond donors (Lipinski definition) is 1. The maximum absolute atomic E-state index is 12.8. The lowest BCUT2D eigenvalue weighted by Crippen LogP contribution is -2.28. The van der Waals surface area contributed by atoms with Crippen molar-refractivity contribution in [2.24, 2.45) is 5.92 Å². The molecule has 0 aromatic heterocycles. The molecule has 5 heteroatoms. The van der Waals surface area contributed by atoms with Gasteiger partial charge in [0.2, 0.25) is 10.0 Å². The summed E-state index contributed by atoms with van der Waals surface area (Å²) in [6.45, 7) is 5.78. The van der Waals surface area contributed by atoms with Gasteiger partial charge < -0.3 is 0 Å². The summed E-state index contributed by atoms with van der Waals surface area (Å²) in [5.74, 6) is -0.198. The predicted octanol–water partition coefficient (Wildman–Crippen LogP) is 2.07. The molecule has 0 bridgehead atoms. The molecule has 0 amide bonds. The van der Waals surface area contributed by atoms with Gasteiger partial charge in [-0.1, -0.05) is 13.8 Å². The van der Waals surface area contributed by atoms with Crippen LogP contribution in [0.3, 0.4) is 0 Å². The van der Waals surface area contributed by atoms with Crippen LogP contribution >= 0.6 is 0 Å². The molecule has 1 aromatic rings. The summed E-state index contributed by atoms with van der Waals surface area (Å²) in [7, 11) is -3.52. The third-order valence-electron chi connectivity index (χ3n) is 2.11. The van der Waals surface area contributed by atoms with Crippen molar-refractivity contribution in [2.45, 2.75) is 25.7 Å². The first-order valence-electron chi connectivity index (χ1n) is 5.09. The molecule has 0 atom stereocenters. The number of halogens is 1. The van der Waals surface area contributed by atoms with E-state index in [1.165, 1.54) is 12.1 Å². The van der Waals surface area contributed by atoms with E-state index < -0.39 is 15.8 Å². The Morgan fingerprint density at radius 1 is 1.38 bits per heavy atom. The smallest absolute Gasteiger partial charge is 0.211 e. The Kier molecular flexibility index (Phi) is 4.04. The lowest BCUT2D eigenvalue weighted by atomic mass is 10.2. The fourth-order valence-electron chi connectivity index (χ4n) is 1.27. The number of sulfonamides is 1. The van der Waals surface area contributed by atoms with E-state index in [1.807, 2.05) is 13.8 Å². The molecule has 90 valence electrons. The van der Waals surface area contributed by atoms with Gasteiger partial charge in [0, 0.05) is 6.54 Å². The van der Waals surface area contributed by atoms with E-state index >= 15 is 0 Å². The van der Waals surface area contributed by atoms with Gasteiger partial charge in [-0.25, -0.2) is 17.5 Å². The first-order valence-corrected chi connectivity index (χ1v) is 6.57. The topological polar surface area (TPSA) is 46.2 Å². The molecule has 0 radical (unpaired) electrons. The quantitative estimate of drug-likeness (QED) is 0.882. The molecule has 0 fully saturated rings. The van der Waals surface area contributed by atoms with E-state index in [9.17, 15) is 12.8 Å². The summed E-state index contributed by atoms with van der Waals surface area (Å²) in [5, 5.41) is 0. The van der Waals surface area contributed by atoms with Crippen LogP contribution in [0.25, 0.3) is 0 Å². The van der Waals surface area contributed by atoms with Gasteiger partial charge in [0.05, 0.1) is 4.90 Å². The number of rotatable bonds is 4. The fraction of sp³-hybridized carbons (Fsp3) is 0.455. The minimum Gasteiger partial charge on any atom is -0.211 e. The maximum Gasteiger partial charge on any atom is 0.240 e. The van der Waals surface area contributed by atoms with Crippen LogP contribution in [0, 0.1) is 18.7 Å². The Labute approximate surface area is 95.7 Å². The van der Waals surface area contributed by atoms with Gasteiger partial charge >= 0.3 is 0 Å².